The lowest BCUT2D eigenvalue weighted by Crippen LogP contribution is -2.13. The molecule has 2 aromatic rings. The summed E-state index contributed by atoms with van der Waals surface area (Å²) in [6.07, 6.45) is 1.20. The molecule has 0 saturated heterocycles. The molecule has 5 nitrogen and oxygen atoms in total. The first-order chi connectivity index (χ1) is 8.85. The Morgan fingerprint density at radius 1 is 1.37 bits per heavy atom. The maximum atomic E-state index is 11.1. The monoisotopic (exact) mass is 343 g/mol. The summed E-state index contributed by atoms with van der Waals surface area (Å²) in [4.78, 5) is 0. The van der Waals surface area contributed by atoms with Gasteiger partial charge in [-0.2, -0.15) is 5.10 Å². The second kappa shape index (κ2) is 5.34. The van der Waals surface area contributed by atoms with Crippen molar-refractivity contribution in [2.45, 2.75) is 6.54 Å². The average molecular weight is 344 g/mol. The number of benzene rings is 1. The zero-order chi connectivity index (χ0) is 14.0. The molecule has 0 radical (unpaired) electrons. The van der Waals surface area contributed by atoms with Crippen LogP contribution in [0.3, 0.4) is 0 Å². The van der Waals surface area contributed by atoms with Crippen molar-refractivity contribution in [3.8, 4) is 11.3 Å². The molecule has 0 aliphatic carbocycles. The van der Waals surface area contributed by atoms with E-state index in [4.69, 9.17) is 5.73 Å². The van der Waals surface area contributed by atoms with E-state index in [1.54, 1.807) is 6.07 Å². The summed E-state index contributed by atoms with van der Waals surface area (Å²) < 4.78 is 24.8. The van der Waals surface area contributed by atoms with E-state index in [2.05, 4.69) is 21.0 Å². The van der Waals surface area contributed by atoms with Crippen molar-refractivity contribution in [1.29, 1.82) is 0 Å². The molecule has 1 aromatic carbocycles. The van der Waals surface area contributed by atoms with E-state index in [1.807, 2.05) is 24.3 Å². The van der Waals surface area contributed by atoms with Gasteiger partial charge in [-0.3, -0.25) is 0 Å². The van der Waals surface area contributed by atoms with Crippen LogP contribution in [0.4, 0.5) is 5.82 Å². The number of nitrogens with two attached hydrogens (primary N) is 1. The SMILES string of the molecule is CS(=O)(=O)CCn1nc(-c2cccc(Br)c2)cc1N. The highest BCUT2D eigenvalue weighted by atomic mass is 79.9. The van der Waals surface area contributed by atoms with Crippen LogP contribution in [0.5, 0.6) is 0 Å². The molecule has 0 bridgehead atoms. The Morgan fingerprint density at radius 3 is 2.74 bits per heavy atom. The first-order valence-electron chi connectivity index (χ1n) is 5.62. The van der Waals surface area contributed by atoms with Crippen LogP contribution < -0.4 is 5.73 Å². The van der Waals surface area contributed by atoms with Crippen LogP contribution in [0.2, 0.25) is 0 Å². The van der Waals surface area contributed by atoms with Crippen molar-refractivity contribution in [2.75, 3.05) is 17.7 Å². The van der Waals surface area contributed by atoms with Gasteiger partial charge in [0, 0.05) is 22.4 Å². The Labute approximate surface area is 120 Å². The Bertz CT molecular complexity index is 695. The number of sulfone groups is 1. The van der Waals surface area contributed by atoms with Crippen LogP contribution in [0.25, 0.3) is 11.3 Å². The third kappa shape index (κ3) is 3.81. The number of aryl methyl sites for hydroxylation is 1. The summed E-state index contributed by atoms with van der Waals surface area (Å²) in [7, 11) is -3.03. The van der Waals surface area contributed by atoms with Gasteiger partial charge in [-0.25, -0.2) is 13.1 Å². The number of rotatable bonds is 4. The molecule has 1 heterocycles. The molecular weight excluding hydrogens is 330 g/mol. The van der Waals surface area contributed by atoms with Crippen LogP contribution in [0, 0.1) is 0 Å². The number of anilines is 1. The molecule has 0 amide bonds. The molecule has 0 fully saturated rings. The van der Waals surface area contributed by atoms with Crippen molar-refractivity contribution in [2.24, 2.45) is 0 Å². The van der Waals surface area contributed by atoms with Gasteiger partial charge in [-0.05, 0) is 12.1 Å². The third-order valence-corrected chi connectivity index (χ3v) is 4.02. The Balaban J connectivity index is 2.26. The van der Waals surface area contributed by atoms with Gasteiger partial charge in [0.15, 0.2) is 0 Å². The number of halogens is 1. The quantitative estimate of drug-likeness (QED) is 0.919. The Hall–Kier alpha value is -1.34. The molecule has 0 spiro atoms. The fourth-order valence-corrected chi connectivity index (χ4v) is 2.56. The van der Waals surface area contributed by atoms with Crippen LogP contribution in [0.1, 0.15) is 0 Å². The van der Waals surface area contributed by atoms with E-state index >= 15 is 0 Å². The predicted octanol–water partition coefficient (Wildman–Crippen LogP) is 1.94. The normalized spacial score (nSPS) is 11.7. The molecule has 2 rings (SSSR count). The van der Waals surface area contributed by atoms with Gasteiger partial charge in [0.25, 0.3) is 0 Å². The van der Waals surface area contributed by atoms with E-state index in [9.17, 15) is 8.42 Å². The third-order valence-electron chi connectivity index (χ3n) is 2.61. The number of hydrogen-bond donors (Lipinski definition) is 1. The average Bonchev–Trinajstić information content (AvgIpc) is 2.67. The summed E-state index contributed by atoms with van der Waals surface area (Å²) in [6, 6.07) is 9.43. The van der Waals surface area contributed by atoms with E-state index < -0.39 is 9.84 Å². The molecule has 19 heavy (non-hydrogen) atoms. The van der Waals surface area contributed by atoms with Crippen LogP contribution in [-0.2, 0) is 16.4 Å². The summed E-state index contributed by atoms with van der Waals surface area (Å²) in [6.45, 7) is 0.263. The largest absolute Gasteiger partial charge is 0.384 e. The zero-order valence-electron chi connectivity index (χ0n) is 10.4. The predicted molar refractivity (Wildman–Crippen MR) is 79.5 cm³/mol. The van der Waals surface area contributed by atoms with Crippen LogP contribution in [-0.4, -0.2) is 30.2 Å². The highest BCUT2D eigenvalue weighted by Gasteiger charge is 2.09. The first-order valence-corrected chi connectivity index (χ1v) is 8.47. The van der Waals surface area contributed by atoms with Gasteiger partial charge in [0.1, 0.15) is 15.7 Å². The lowest BCUT2D eigenvalue weighted by molar-refractivity contribution is 0.588. The fraction of sp³-hybridized carbons (Fsp3) is 0.250. The molecule has 0 unspecified atom stereocenters. The van der Waals surface area contributed by atoms with Gasteiger partial charge in [-0.1, -0.05) is 28.1 Å². The van der Waals surface area contributed by atoms with Gasteiger partial charge in [0.2, 0.25) is 0 Å². The van der Waals surface area contributed by atoms with Crippen molar-refractivity contribution < 1.29 is 8.42 Å². The number of nitrogens with zero attached hydrogens (tertiary/aromatic N) is 2. The van der Waals surface area contributed by atoms with Crippen molar-refractivity contribution >= 4 is 31.6 Å². The summed E-state index contributed by atoms with van der Waals surface area (Å²) >= 11 is 3.40. The van der Waals surface area contributed by atoms with Gasteiger partial charge in [-0.15, -0.1) is 0 Å². The van der Waals surface area contributed by atoms with E-state index in [1.165, 1.54) is 10.9 Å². The van der Waals surface area contributed by atoms with Crippen molar-refractivity contribution in [3.63, 3.8) is 0 Å². The molecule has 0 aliphatic rings. The van der Waals surface area contributed by atoms with Crippen LogP contribution >= 0.6 is 15.9 Å². The van der Waals surface area contributed by atoms with E-state index in [-0.39, 0.29) is 12.3 Å². The number of aromatic nitrogens is 2. The maximum Gasteiger partial charge on any atom is 0.149 e. The minimum Gasteiger partial charge on any atom is -0.384 e. The molecule has 1 aromatic heterocycles. The molecule has 0 saturated carbocycles. The fourth-order valence-electron chi connectivity index (χ4n) is 1.65. The van der Waals surface area contributed by atoms with Gasteiger partial charge >= 0.3 is 0 Å². The minimum absolute atomic E-state index is 0.0246. The molecule has 102 valence electrons. The topological polar surface area (TPSA) is 78.0 Å². The number of hydrogen-bond acceptors (Lipinski definition) is 4. The molecular formula is C12H14BrN3O2S. The summed E-state index contributed by atoms with van der Waals surface area (Å²) in [5, 5.41) is 4.33. The molecule has 0 aliphatic heterocycles. The zero-order valence-corrected chi connectivity index (χ0v) is 12.8. The first kappa shape index (κ1) is 14.1. The van der Waals surface area contributed by atoms with Crippen LogP contribution in [0.15, 0.2) is 34.8 Å². The van der Waals surface area contributed by atoms with E-state index in [0.29, 0.717) is 5.82 Å². The van der Waals surface area contributed by atoms with Gasteiger partial charge in [0.05, 0.1) is 18.0 Å². The lowest BCUT2D eigenvalue weighted by Gasteiger charge is -2.02. The minimum atomic E-state index is -3.03. The highest BCUT2D eigenvalue weighted by molar-refractivity contribution is 9.10. The Morgan fingerprint density at radius 2 is 2.11 bits per heavy atom. The Kier molecular flexibility index (Phi) is 3.96. The second-order valence-electron chi connectivity index (χ2n) is 4.32. The molecule has 7 heteroatoms. The smallest absolute Gasteiger partial charge is 0.149 e. The lowest BCUT2D eigenvalue weighted by atomic mass is 10.2. The van der Waals surface area contributed by atoms with Crippen molar-refractivity contribution in [1.82, 2.24) is 9.78 Å². The second-order valence-corrected chi connectivity index (χ2v) is 7.49. The molecule has 2 N–H and O–H groups in total. The maximum absolute atomic E-state index is 11.1. The summed E-state index contributed by atoms with van der Waals surface area (Å²) in [5.41, 5.74) is 7.50. The number of nitrogen functional groups attached to an aromatic ring is 1. The highest BCUT2D eigenvalue weighted by Crippen LogP contribution is 2.23. The van der Waals surface area contributed by atoms with Gasteiger partial charge < -0.3 is 5.73 Å². The van der Waals surface area contributed by atoms with Crippen molar-refractivity contribution in [3.05, 3.63) is 34.8 Å². The van der Waals surface area contributed by atoms with E-state index in [0.717, 1.165) is 15.7 Å². The molecule has 0 atom stereocenters. The summed E-state index contributed by atoms with van der Waals surface area (Å²) in [5.74, 6) is 0.482. The standard InChI is InChI=1S/C12H14BrN3O2S/c1-19(17,18)6-5-16-12(14)8-11(15-16)9-3-2-4-10(13)7-9/h2-4,7-8H,5-6,14H2,1H3.